The molecule has 0 spiro atoms. The lowest BCUT2D eigenvalue weighted by molar-refractivity contribution is 0.184. The maximum atomic E-state index is 12.8. The molecule has 2 aromatic carbocycles. The van der Waals surface area contributed by atoms with Crippen molar-refractivity contribution in [1.82, 2.24) is 15.0 Å². The lowest BCUT2D eigenvalue weighted by Gasteiger charge is -2.31. The molecule has 2 amide bonds. The molecule has 1 aromatic heterocycles. The fourth-order valence-electron chi connectivity index (χ4n) is 3.79. The van der Waals surface area contributed by atoms with Crippen LogP contribution in [0.25, 0.3) is 11.4 Å². The van der Waals surface area contributed by atoms with Gasteiger partial charge in [-0.05, 0) is 50.5 Å². The van der Waals surface area contributed by atoms with E-state index in [1.54, 1.807) is 7.11 Å². The van der Waals surface area contributed by atoms with Gasteiger partial charge in [-0.1, -0.05) is 35.0 Å². The summed E-state index contributed by atoms with van der Waals surface area (Å²) in [5, 5.41) is 7.16. The Kier molecular flexibility index (Phi) is 5.70. The Morgan fingerprint density at radius 1 is 1.23 bits per heavy atom. The number of carbonyl (C=O) groups excluding carboxylic acids is 1. The lowest BCUT2D eigenvalue weighted by Crippen LogP contribution is -2.41. The Balaban J connectivity index is 1.45. The molecule has 3 aromatic rings. The minimum Gasteiger partial charge on any atom is -0.497 e. The van der Waals surface area contributed by atoms with Gasteiger partial charge in [0.2, 0.25) is 11.7 Å². The first-order valence-electron chi connectivity index (χ1n) is 10.1. The Labute approximate surface area is 176 Å². The number of hydrogen-bond acceptors (Lipinski definition) is 5. The third-order valence-electron chi connectivity index (χ3n) is 5.45. The number of aromatic nitrogens is 2. The molecule has 1 atom stereocenters. The van der Waals surface area contributed by atoms with Crippen molar-refractivity contribution in [3.8, 4) is 17.1 Å². The molecule has 1 aliphatic heterocycles. The summed E-state index contributed by atoms with van der Waals surface area (Å²) in [5.41, 5.74) is 3.90. The van der Waals surface area contributed by atoms with Crippen molar-refractivity contribution in [3.63, 3.8) is 0 Å². The third-order valence-corrected chi connectivity index (χ3v) is 5.45. The minimum atomic E-state index is -0.0980. The van der Waals surface area contributed by atoms with E-state index in [0.717, 1.165) is 35.4 Å². The average molecular weight is 406 g/mol. The first kappa shape index (κ1) is 19.9. The largest absolute Gasteiger partial charge is 0.497 e. The standard InChI is InChI=1S/C23H26N4O3/c1-15-9-10-20(16(2)12-15)24-23(28)27-11-5-7-18(14-27)22-25-21(26-30-22)17-6-4-8-19(13-17)29-3/h4,6,8-10,12-13,18H,5,7,11,14H2,1-3H3,(H,24,28). The summed E-state index contributed by atoms with van der Waals surface area (Å²) in [6.07, 6.45) is 1.80. The van der Waals surface area contributed by atoms with E-state index in [1.165, 1.54) is 5.56 Å². The molecule has 4 rings (SSSR count). The molecule has 0 saturated carbocycles. The van der Waals surface area contributed by atoms with Gasteiger partial charge < -0.3 is 19.5 Å². The van der Waals surface area contributed by atoms with Gasteiger partial charge in [-0.2, -0.15) is 4.98 Å². The highest BCUT2D eigenvalue weighted by atomic mass is 16.5. The van der Waals surface area contributed by atoms with Crippen LogP contribution in [0.2, 0.25) is 0 Å². The summed E-state index contributed by atoms with van der Waals surface area (Å²) in [5.74, 6) is 1.86. The summed E-state index contributed by atoms with van der Waals surface area (Å²) in [6.45, 7) is 5.30. The number of piperidine rings is 1. The highest BCUT2D eigenvalue weighted by molar-refractivity contribution is 5.90. The normalized spacial score (nSPS) is 16.4. The zero-order chi connectivity index (χ0) is 21.1. The molecule has 156 valence electrons. The first-order chi connectivity index (χ1) is 14.5. The van der Waals surface area contributed by atoms with Crippen molar-refractivity contribution < 1.29 is 14.1 Å². The van der Waals surface area contributed by atoms with E-state index in [0.29, 0.717) is 24.8 Å². The van der Waals surface area contributed by atoms with E-state index in [2.05, 4.69) is 21.5 Å². The predicted octanol–water partition coefficient (Wildman–Crippen LogP) is 4.77. The SMILES string of the molecule is COc1cccc(-c2noc(C3CCCN(C(=O)Nc4ccc(C)cc4C)C3)n2)c1. The Morgan fingerprint density at radius 2 is 2.10 bits per heavy atom. The van der Waals surface area contributed by atoms with E-state index < -0.39 is 0 Å². The van der Waals surface area contributed by atoms with Gasteiger partial charge in [0.05, 0.1) is 13.0 Å². The maximum absolute atomic E-state index is 12.8. The first-order valence-corrected chi connectivity index (χ1v) is 10.1. The van der Waals surface area contributed by atoms with Crippen LogP contribution < -0.4 is 10.1 Å². The zero-order valence-electron chi connectivity index (χ0n) is 17.5. The number of amides is 2. The Bertz CT molecular complexity index is 1050. The van der Waals surface area contributed by atoms with Gasteiger partial charge in [0, 0.05) is 24.3 Å². The Hall–Kier alpha value is -3.35. The van der Waals surface area contributed by atoms with E-state index in [-0.39, 0.29) is 11.9 Å². The number of anilines is 1. The van der Waals surface area contributed by atoms with Crippen LogP contribution in [0, 0.1) is 13.8 Å². The molecule has 0 bridgehead atoms. The number of nitrogens with zero attached hydrogens (tertiary/aromatic N) is 3. The van der Waals surface area contributed by atoms with Crippen molar-refractivity contribution >= 4 is 11.7 Å². The van der Waals surface area contributed by atoms with Gasteiger partial charge in [0.25, 0.3) is 0 Å². The van der Waals surface area contributed by atoms with E-state index in [9.17, 15) is 4.79 Å². The smallest absolute Gasteiger partial charge is 0.321 e. The molecule has 30 heavy (non-hydrogen) atoms. The summed E-state index contributed by atoms with van der Waals surface area (Å²) in [4.78, 5) is 19.2. The number of likely N-dealkylation sites (tertiary alicyclic amines) is 1. The highest BCUT2D eigenvalue weighted by Gasteiger charge is 2.29. The van der Waals surface area contributed by atoms with Crippen LogP contribution in [-0.4, -0.2) is 41.3 Å². The maximum Gasteiger partial charge on any atom is 0.321 e. The summed E-state index contributed by atoms with van der Waals surface area (Å²) in [7, 11) is 1.63. The van der Waals surface area contributed by atoms with Crippen molar-refractivity contribution in [3.05, 3.63) is 59.5 Å². The summed E-state index contributed by atoms with van der Waals surface area (Å²) in [6, 6.07) is 13.5. The molecule has 0 radical (unpaired) electrons. The number of nitrogens with one attached hydrogen (secondary N) is 1. The minimum absolute atomic E-state index is 0.0236. The fourth-order valence-corrected chi connectivity index (χ4v) is 3.79. The van der Waals surface area contributed by atoms with Crippen LogP contribution >= 0.6 is 0 Å². The second-order valence-corrected chi connectivity index (χ2v) is 7.72. The third kappa shape index (κ3) is 4.30. The Morgan fingerprint density at radius 3 is 2.90 bits per heavy atom. The number of urea groups is 1. The van der Waals surface area contributed by atoms with Gasteiger partial charge in [0.15, 0.2) is 0 Å². The number of benzene rings is 2. The van der Waals surface area contributed by atoms with Gasteiger partial charge in [-0.15, -0.1) is 0 Å². The molecule has 1 saturated heterocycles. The number of carbonyl (C=O) groups is 1. The number of aryl methyl sites for hydroxylation is 2. The van der Waals surface area contributed by atoms with Crippen molar-refractivity contribution in [2.75, 3.05) is 25.5 Å². The number of ether oxygens (including phenoxy) is 1. The lowest BCUT2D eigenvalue weighted by atomic mass is 9.98. The molecule has 1 unspecified atom stereocenters. The van der Waals surface area contributed by atoms with E-state index >= 15 is 0 Å². The molecule has 7 heteroatoms. The van der Waals surface area contributed by atoms with Crippen LogP contribution in [0.1, 0.15) is 35.8 Å². The summed E-state index contributed by atoms with van der Waals surface area (Å²) < 4.78 is 10.8. The van der Waals surface area contributed by atoms with Gasteiger partial charge in [0.1, 0.15) is 5.75 Å². The van der Waals surface area contributed by atoms with Crippen LogP contribution in [0.3, 0.4) is 0 Å². The fraction of sp³-hybridized carbons (Fsp3) is 0.348. The average Bonchev–Trinajstić information content (AvgIpc) is 3.26. The topological polar surface area (TPSA) is 80.5 Å². The highest BCUT2D eigenvalue weighted by Crippen LogP contribution is 2.29. The molecular formula is C23H26N4O3. The van der Waals surface area contributed by atoms with E-state index in [1.807, 2.05) is 55.1 Å². The molecular weight excluding hydrogens is 380 g/mol. The zero-order valence-corrected chi connectivity index (χ0v) is 17.5. The van der Waals surface area contributed by atoms with Gasteiger partial charge >= 0.3 is 6.03 Å². The second-order valence-electron chi connectivity index (χ2n) is 7.72. The molecule has 0 aliphatic carbocycles. The molecule has 1 N–H and O–H groups in total. The molecule has 2 heterocycles. The summed E-state index contributed by atoms with van der Waals surface area (Å²) >= 11 is 0. The van der Waals surface area contributed by atoms with E-state index in [4.69, 9.17) is 9.26 Å². The molecule has 1 fully saturated rings. The second kappa shape index (κ2) is 8.57. The van der Waals surface area contributed by atoms with Gasteiger partial charge in [-0.25, -0.2) is 4.79 Å². The quantitative estimate of drug-likeness (QED) is 0.675. The number of hydrogen-bond donors (Lipinski definition) is 1. The molecule has 7 nitrogen and oxygen atoms in total. The monoisotopic (exact) mass is 406 g/mol. The number of methoxy groups -OCH3 is 1. The van der Waals surface area contributed by atoms with Crippen LogP contribution in [-0.2, 0) is 0 Å². The van der Waals surface area contributed by atoms with Gasteiger partial charge in [-0.3, -0.25) is 0 Å². The predicted molar refractivity (Wildman–Crippen MR) is 115 cm³/mol. The van der Waals surface area contributed by atoms with Crippen LogP contribution in [0.5, 0.6) is 5.75 Å². The molecule has 1 aliphatic rings. The van der Waals surface area contributed by atoms with Crippen molar-refractivity contribution in [2.24, 2.45) is 0 Å². The van der Waals surface area contributed by atoms with Crippen molar-refractivity contribution in [2.45, 2.75) is 32.6 Å². The number of rotatable bonds is 4. The van der Waals surface area contributed by atoms with Crippen molar-refractivity contribution in [1.29, 1.82) is 0 Å². The van der Waals surface area contributed by atoms with Crippen LogP contribution in [0.15, 0.2) is 47.0 Å². The van der Waals surface area contributed by atoms with Crippen LogP contribution in [0.4, 0.5) is 10.5 Å².